The molecule has 3 nitrogen and oxygen atoms in total. The molecule has 2 rings (SSSR count). The van der Waals surface area contributed by atoms with E-state index in [-0.39, 0.29) is 5.91 Å². The second kappa shape index (κ2) is 7.85. The van der Waals surface area contributed by atoms with Crippen LogP contribution in [0.15, 0.2) is 18.2 Å². The van der Waals surface area contributed by atoms with E-state index in [9.17, 15) is 4.79 Å². The molecule has 1 amide bonds. The summed E-state index contributed by atoms with van der Waals surface area (Å²) < 4.78 is 0. The first-order chi connectivity index (χ1) is 10.1. The molecule has 4 heteroatoms. The van der Waals surface area contributed by atoms with Crippen molar-refractivity contribution in [3.63, 3.8) is 0 Å². The van der Waals surface area contributed by atoms with E-state index in [4.69, 9.17) is 0 Å². The average Bonchev–Trinajstić information content (AvgIpc) is 2.92. The van der Waals surface area contributed by atoms with Gasteiger partial charge in [-0.05, 0) is 48.8 Å². The van der Waals surface area contributed by atoms with Crippen LogP contribution in [0, 0.1) is 6.92 Å². The monoisotopic (exact) mass is 306 g/mol. The average molecular weight is 306 g/mol. The number of anilines is 1. The second-order valence-electron chi connectivity index (χ2n) is 6.00. The van der Waals surface area contributed by atoms with Crippen molar-refractivity contribution in [3.05, 3.63) is 29.3 Å². The Hall–Kier alpha value is -1.00. The normalized spacial score (nSPS) is 18.2. The Balaban J connectivity index is 1.95. The minimum absolute atomic E-state index is 0.117. The summed E-state index contributed by atoms with van der Waals surface area (Å²) in [6.07, 6.45) is 2.86. The standard InChI is InChI=1S/C17H26N2OS/c1-12(2)21-11-14-6-4-8-16(13(14)3)19-17(20)10-15-7-5-9-18-15/h4,6,8,12,15,18H,5,7,9-11H2,1-3H3,(H,19,20). The van der Waals surface area contributed by atoms with Crippen LogP contribution in [0.25, 0.3) is 0 Å². The lowest BCUT2D eigenvalue weighted by Crippen LogP contribution is -2.27. The molecule has 1 aliphatic heterocycles. The summed E-state index contributed by atoms with van der Waals surface area (Å²) in [5, 5.41) is 7.07. The molecule has 0 radical (unpaired) electrons. The third-order valence-corrected chi connectivity index (χ3v) is 5.03. The van der Waals surface area contributed by atoms with E-state index in [1.165, 1.54) is 17.5 Å². The number of rotatable bonds is 6. The predicted molar refractivity (Wildman–Crippen MR) is 91.9 cm³/mol. The van der Waals surface area contributed by atoms with Crippen molar-refractivity contribution in [2.75, 3.05) is 11.9 Å². The largest absolute Gasteiger partial charge is 0.326 e. The van der Waals surface area contributed by atoms with Gasteiger partial charge in [0.1, 0.15) is 0 Å². The van der Waals surface area contributed by atoms with E-state index in [0.29, 0.717) is 17.7 Å². The van der Waals surface area contributed by atoms with Crippen LogP contribution in [0.3, 0.4) is 0 Å². The van der Waals surface area contributed by atoms with Gasteiger partial charge in [-0.25, -0.2) is 0 Å². The number of carbonyl (C=O) groups excluding carboxylic acids is 1. The quantitative estimate of drug-likeness (QED) is 0.841. The van der Waals surface area contributed by atoms with Gasteiger partial charge in [-0.3, -0.25) is 4.79 Å². The third-order valence-electron chi connectivity index (χ3n) is 3.89. The van der Waals surface area contributed by atoms with Crippen molar-refractivity contribution in [1.82, 2.24) is 5.32 Å². The Labute approximate surface area is 132 Å². The van der Waals surface area contributed by atoms with Crippen molar-refractivity contribution in [2.45, 2.75) is 57.1 Å². The topological polar surface area (TPSA) is 41.1 Å². The van der Waals surface area contributed by atoms with Crippen molar-refractivity contribution in [2.24, 2.45) is 0 Å². The number of hydrogen-bond acceptors (Lipinski definition) is 3. The summed E-state index contributed by atoms with van der Waals surface area (Å²) in [6.45, 7) is 7.55. The number of benzene rings is 1. The van der Waals surface area contributed by atoms with Crippen molar-refractivity contribution in [1.29, 1.82) is 0 Å². The Morgan fingerprint density at radius 3 is 2.95 bits per heavy atom. The lowest BCUT2D eigenvalue weighted by atomic mass is 10.1. The molecular formula is C17H26N2OS. The summed E-state index contributed by atoms with van der Waals surface area (Å²) in [5.41, 5.74) is 3.46. The fourth-order valence-electron chi connectivity index (χ4n) is 2.59. The number of nitrogens with one attached hydrogen (secondary N) is 2. The molecule has 1 fully saturated rings. The molecule has 0 aromatic heterocycles. The Morgan fingerprint density at radius 1 is 1.48 bits per heavy atom. The zero-order chi connectivity index (χ0) is 15.2. The highest BCUT2D eigenvalue weighted by Crippen LogP contribution is 2.25. The van der Waals surface area contributed by atoms with Crippen LogP contribution in [0.2, 0.25) is 0 Å². The molecule has 1 aromatic carbocycles. The van der Waals surface area contributed by atoms with Gasteiger partial charge in [-0.1, -0.05) is 26.0 Å². The molecule has 0 aliphatic carbocycles. The zero-order valence-electron chi connectivity index (χ0n) is 13.2. The lowest BCUT2D eigenvalue weighted by Gasteiger charge is -2.15. The van der Waals surface area contributed by atoms with Crippen molar-refractivity contribution >= 4 is 23.4 Å². The Bertz CT molecular complexity index is 482. The van der Waals surface area contributed by atoms with Gasteiger partial charge < -0.3 is 10.6 Å². The van der Waals surface area contributed by atoms with Crippen LogP contribution < -0.4 is 10.6 Å². The van der Waals surface area contributed by atoms with E-state index >= 15 is 0 Å². The van der Waals surface area contributed by atoms with E-state index in [1.807, 2.05) is 23.9 Å². The summed E-state index contributed by atoms with van der Waals surface area (Å²) >= 11 is 1.93. The first kappa shape index (κ1) is 16.4. The summed E-state index contributed by atoms with van der Waals surface area (Å²) in [6, 6.07) is 6.54. The highest BCUT2D eigenvalue weighted by molar-refractivity contribution is 7.99. The smallest absolute Gasteiger partial charge is 0.225 e. The fraction of sp³-hybridized carbons (Fsp3) is 0.588. The van der Waals surface area contributed by atoms with Crippen LogP contribution in [0.4, 0.5) is 5.69 Å². The van der Waals surface area contributed by atoms with Crippen LogP contribution >= 0.6 is 11.8 Å². The third kappa shape index (κ3) is 5.04. The maximum Gasteiger partial charge on any atom is 0.225 e. The van der Waals surface area contributed by atoms with Gasteiger partial charge in [0.05, 0.1) is 0 Å². The number of carbonyl (C=O) groups is 1. The number of hydrogen-bond donors (Lipinski definition) is 2. The predicted octanol–water partition coefficient (Wildman–Crippen LogP) is 3.72. The molecule has 1 unspecified atom stereocenters. The van der Waals surface area contributed by atoms with E-state index < -0.39 is 0 Å². The molecule has 1 aliphatic rings. The number of amides is 1. The highest BCUT2D eigenvalue weighted by Gasteiger charge is 2.18. The SMILES string of the molecule is Cc1c(CSC(C)C)cccc1NC(=O)CC1CCCN1. The zero-order valence-corrected chi connectivity index (χ0v) is 14.1. The van der Waals surface area contributed by atoms with E-state index in [1.54, 1.807) is 0 Å². The van der Waals surface area contributed by atoms with Crippen molar-refractivity contribution < 1.29 is 4.79 Å². The molecule has 116 valence electrons. The molecular weight excluding hydrogens is 280 g/mol. The van der Waals surface area contributed by atoms with Gasteiger partial charge in [0, 0.05) is 23.9 Å². The lowest BCUT2D eigenvalue weighted by molar-refractivity contribution is -0.116. The molecule has 0 saturated carbocycles. The Morgan fingerprint density at radius 2 is 2.29 bits per heavy atom. The second-order valence-corrected chi connectivity index (χ2v) is 7.56. The van der Waals surface area contributed by atoms with E-state index in [0.717, 1.165) is 24.4 Å². The van der Waals surface area contributed by atoms with Crippen LogP contribution in [-0.2, 0) is 10.5 Å². The van der Waals surface area contributed by atoms with Crippen molar-refractivity contribution in [3.8, 4) is 0 Å². The Kier molecular flexibility index (Phi) is 6.12. The van der Waals surface area contributed by atoms with Gasteiger partial charge in [-0.15, -0.1) is 0 Å². The van der Waals surface area contributed by atoms with Gasteiger partial charge in [0.25, 0.3) is 0 Å². The molecule has 21 heavy (non-hydrogen) atoms. The molecule has 0 spiro atoms. The molecule has 1 heterocycles. The first-order valence-electron chi connectivity index (χ1n) is 7.79. The summed E-state index contributed by atoms with van der Waals surface area (Å²) in [4.78, 5) is 12.1. The molecule has 0 bridgehead atoms. The first-order valence-corrected chi connectivity index (χ1v) is 8.84. The fourth-order valence-corrected chi connectivity index (χ4v) is 3.41. The minimum atomic E-state index is 0.117. The van der Waals surface area contributed by atoms with Gasteiger partial charge in [-0.2, -0.15) is 11.8 Å². The number of thioether (sulfide) groups is 1. The maximum atomic E-state index is 12.1. The summed E-state index contributed by atoms with van der Waals surface area (Å²) in [5.74, 6) is 1.11. The highest BCUT2D eigenvalue weighted by atomic mass is 32.2. The van der Waals surface area contributed by atoms with Gasteiger partial charge >= 0.3 is 0 Å². The van der Waals surface area contributed by atoms with Crippen LogP contribution in [-0.4, -0.2) is 23.7 Å². The molecule has 1 atom stereocenters. The molecule has 1 saturated heterocycles. The van der Waals surface area contributed by atoms with Gasteiger partial charge in [0.2, 0.25) is 5.91 Å². The molecule has 2 N–H and O–H groups in total. The van der Waals surface area contributed by atoms with Crippen LogP contribution in [0.1, 0.15) is 44.2 Å². The van der Waals surface area contributed by atoms with Crippen LogP contribution in [0.5, 0.6) is 0 Å². The van der Waals surface area contributed by atoms with Gasteiger partial charge in [0.15, 0.2) is 0 Å². The maximum absolute atomic E-state index is 12.1. The minimum Gasteiger partial charge on any atom is -0.326 e. The molecule has 1 aromatic rings. The van der Waals surface area contributed by atoms with E-state index in [2.05, 4.69) is 37.5 Å². The summed E-state index contributed by atoms with van der Waals surface area (Å²) in [7, 11) is 0.